The van der Waals surface area contributed by atoms with Crippen molar-refractivity contribution in [2.75, 3.05) is 18.0 Å². The Kier molecular flexibility index (Phi) is 3.08. The second-order valence-corrected chi connectivity index (χ2v) is 5.30. The lowest BCUT2D eigenvalue weighted by Crippen LogP contribution is -2.39. The molecule has 0 saturated carbocycles. The maximum Gasteiger partial charge on any atom is 0.227 e. The molecule has 18 heavy (non-hydrogen) atoms. The van der Waals surface area contributed by atoms with Crippen LogP contribution in [0.4, 0.5) is 5.69 Å². The van der Waals surface area contributed by atoms with Crippen molar-refractivity contribution in [1.82, 2.24) is 0 Å². The summed E-state index contributed by atoms with van der Waals surface area (Å²) in [6.45, 7) is 1.65. The molecule has 0 fully saturated rings. The van der Waals surface area contributed by atoms with Crippen molar-refractivity contribution in [3.8, 4) is 0 Å². The molecule has 0 aliphatic carbocycles. The van der Waals surface area contributed by atoms with E-state index < -0.39 is 0 Å². The average molecular weight is 244 g/mol. The molecule has 0 atom stereocenters. The lowest BCUT2D eigenvalue weighted by atomic mass is 9.89. The monoisotopic (exact) mass is 244 g/mol. The van der Waals surface area contributed by atoms with Crippen LogP contribution in [0.15, 0.2) is 12.1 Å². The van der Waals surface area contributed by atoms with Gasteiger partial charge in [0.15, 0.2) is 0 Å². The molecule has 0 spiro atoms. The van der Waals surface area contributed by atoms with Crippen LogP contribution in [0, 0.1) is 0 Å². The standard InChI is InChI=1S/C15H20N2O/c16-7-1-3-11-9-12-4-2-8-17-14(18)6-5-13(10-11)15(12)17/h9-10H,1-8,16H2. The number of hydrogen-bond acceptors (Lipinski definition) is 2. The molecule has 1 aromatic carbocycles. The Balaban J connectivity index is 2.00. The van der Waals surface area contributed by atoms with Crippen LogP contribution in [0.1, 0.15) is 36.0 Å². The van der Waals surface area contributed by atoms with Gasteiger partial charge in [-0.2, -0.15) is 0 Å². The van der Waals surface area contributed by atoms with Crippen LogP contribution in [-0.4, -0.2) is 19.0 Å². The van der Waals surface area contributed by atoms with E-state index in [1.807, 2.05) is 4.90 Å². The van der Waals surface area contributed by atoms with Gasteiger partial charge in [-0.15, -0.1) is 0 Å². The molecule has 2 aliphatic rings. The fourth-order valence-electron chi connectivity index (χ4n) is 3.18. The molecule has 3 rings (SSSR count). The van der Waals surface area contributed by atoms with E-state index in [2.05, 4.69) is 12.1 Å². The topological polar surface area (TPSA) is 46.3 Å². The molecular formula is C15H20N2O. The van der Waals surface area contributed by atoms with Crippen LogP contribution >= 0.6 is 0 Å². The summed E-state index contributed by atoms with van der Waals surface area (Å²) in [6, 6.07) is 4.58. The smallest absolute Gasteiger partial charge is 0.227 e. The van der Waals surface area contributed by atoms with Gasteiger partial charge < -0.3 is 10.6 Å². The van der Waals surface area contributed by atoms with E-state index in [0.29, 0.717) is 12.3 Å². The van der Waals surface area contributed by atoms with Gasteiger partial charge in [0.1, 0.15) is 0 Å². The molecule has 96 valence electrons. The molecule has 1 aromatic rings. The number of amides is 1. The summed E-state index contributed by atoms with van der Waals surface area (Å²) in [6.07, 6.45) is 5.90. The first-order valence-electron chi connectivity index (χ1n) is 6.94. The fourth-order valence-corrected chi connectivity index (χ4v) is 3.18. The van der Waals surface area contributed by atoms with E-state index in [1.54, 1.807) is 0 Å². The van der Waals surface area contributed by atoms with Gasteiger partial charge in [-0.25, -0.2) is 0 Å². The van der Waals surface area contributed by atoms with Crippen molar-refractivity contribution in [3.63, 3.8) is 0 Å². The number of nitrogens with two attached hydrogens (primary N) is 1. The third kappa shape index (κ3) is 1.93. The quantitative estimate of drug-likeness (QED) is 0.881. The van der Waals surface area contributed by atoms with Gasteiger partial charge in [0.2, 0.25) is 5.91 Å². The number of benzene rings is 1. The van der Waals surface area contributed by atoms with E-state index >= 15 is 0 Å². The Morgan fingerprint density at radius 3 is 2.72 bits per heavy atom. The summed E-state index contributed by atoms with van der Waals surface area (Å²) in [5, 5.41) is 0. The lowest BCUT2D eigenvalue weighted by Gasteiger charge is -2.35. The zero-order valence-corrected chi connectivity index (χ0v) is 10.7. The zero-order valence-electron chi connectivity index (χ0n) is 10.7. The molecule has 1 amide bonds. The number of nitrogens with zero attached hydrogens (tertiary/aromatic N) is 1. The van der Waals surface area contributed by atoms with Crippen LogP contribution in [0.2, 0.25) is 0 Å². The van der Waals surface area contributed by atoms with Crippen LogP contribution in [0.5, 0.6) is 0 Å². The Hall–Kier alpha value is -1.35. The Bertz CT molecular complexity index is 464. The van der Waals surface area contributed by atoms with Gasteiger partial charge in [0.05, 0.1) is 5.69 Å². The van der Waals surface area contributed by atoms with Crippen molar-refractivity contribution >= 4 is 11.6 Å². The predicted octanol–water partition coefficient (Wildman–Crippen LogP) is 1.80. The summed E-state index contributed by atoms with van der Waals surface area (Å²) in [7, 11) is 0. The van der Waals surface area contributed by atoms with E-state index in [4.69, 9.17) is 5.73 Å². The van der Waals surface area contributed by atoms with Crippen molar-refractivity contribution in [1.29, 1.82) is 0 Å². The van der Waals surface area contributed by atoms with Crippen molar-refractivity contribution < 1.29 is 4.79 Å². The molecule has 2 heterocycles. The van der Waals surface area contributed by atoms with E-state index in [9.17, 15) is 4.79 Å². The van der Waals surface area contributed by atoms with Gasteiger partial charge >= 0.3 is 0 Å². The van der Waals surface area contributed by atoms with Crippen LogP contribution in [-0.2, 0) is 24.1 Å². The number of rotatable bonds is 3. The molecule has 3 nitrogen and oxygen atoms in total. The minimum absolute atomic E-state index is 0.304. The predicted molar refractivity (Wildman–Crippen MR) is 72.8 cm³/mol. The van der Waals surface area contributed by atoms with Gasteiger partial charge in [0.25, 0.3) is 0 Å². The van der Waals surface area contributed by atoms with Crippen molar-refractivity contribution in [3.05, 3.63) is 28.8 Å². The zero-order chi connectivity index (χ0) is 12.5. The maximum absolute atomic E-state index is 11.9. The summed E-state index contributed by atoms with van der Waals surface area (Å²) >= 11 is 0. The molecule has 2 aliphatic heterocycles. The van der Waals surface area contributed by atoms with Crippen LogP contribution in [0.25, 0.3) is 0 Å². The van der Waals surface area contributed by atoms with Crippen molar-refractivity contribution in [2.24, 2.45) is 5.73 Å². The molecule has 0 bridgehead atoms. The highest BCUT2D eigenvalue weighted by Crippen LogP contribution is 2.36. The first-order chi connectivity index (χ1) is 8.79. The molecule has 2 N–H and O–H groups in total. The van der Waals surface area contributed by atoms with Gasteiger partial charge in [-0.05, 0) is 55.3 Å². The van der Waals surface area contributed by atoms with Crippen LogP contribution < -0.4 is 10.6 Å². The Labute approximate surface area is 108 Å². The third-order valence-corrected chi connectivity index (χ3v) is 4.00. The summed E-state index contributed by atoms with van der Waals surface area (Å²) in [4.78, 5) is 13.9. The minimum Gasteiger partial charge on any atom is -0.330 e. The largest absolute Gasteiger partial charge is 0.330 e. The first-order valence-corrected chi connectivity index (χ1v) is 6.94. The second kappa shape index (κ2) is 4.73. The van der Waals surface area contributed by atoms with E-state index in [1.165, 1.54) is 22.4 Å². The molecule has 0 unspecified atom stereocenters. The van der Waals surface area contributed by atoms with Crippen molar-refractivity contribution in [2.45, 2.75) is 38.5 Å². The molecular weight excluding hydrogens is 224 g/mol. The number of carbonyl (C=O) groups is 1. The summed E-state index contributed by atoms with van der Waals surface area (Å²) < 4.78 is 0. The first kappa shape index (κ1) is 11.7. The summed E-state index contributed by atoms with van der Waals surface area (Å²) in [5.74, 6) is 0.304. The number of hydrogen-bond donors (Lipinski definition) is 1. The van der Waals surface area contributed by atoms with Gasteiger partial charge in [-0.3, -0.25) is 4.79 Å². The number of anilines is 1. The SMILES string of the molecule is NCCCc1cc2c3c(c1)CCC(=O)N3CCC2. The third-order valence-electron chi connectivity index (χ3n) is 4.00. The van der Waals surface area contributed by atoms with E-state index in [0.717, 1.165) is 45.2 Å². The van der Waals surface area contributed by atoms with Gasteiger partial charge in [-0.1, -0.05) is 12.1 Å². The molecule has 3 heteroatoms. The Morgan fingerprint density at radius 2 is 1.94 bits per heavy atom. The molecule has 0 aromatic heterocycles. The highest BCUT2D eigenvalue weighted by molar-refractivity contribution is 5.97. The number of aryl methyl sites for hydroxylation is 3. The molecule has 0 saturated heterocycles. The van der Waals surface area contributed by atoms with E-state index in [-0.39, 0.29) is 0 Å². The molecule has 0 radical (unpaired) electrons. The Morgan fingerprint density at radius 1 is 1.17 bits per heavy atom. The summed E-state index contributed by atoms with van der Waals surface area (Å²) in [5.41, 5.74) is 11.0. The van der Waals surface area contributed by atoms with Gasteiger partial charge in [0, 0.05) is 13.0 Å². The average Bonchev–Trinajstić information content (AvgIpc) is 2.40. The second-order valence-electron chi connectivity index (χ2n) is 5.30. The normalized spacial score (nSPS) is 17.8. The fraction of sp³-hybridized carbons (Fsp3) is 0.533. The van der Waals surface area contributed by atoms with Crippen LogP contribution in [0.3, 0.4) is 0 Å². The highest BCUT2D eigenvalue weighted by Gasteiger charge is 2.29. The maximum atomic E-state index is 11.9. The highest BCUT2D eigenvalue weighted by atomic mass is 16.2. The lowest BCUT2D eigenvalue weighted by molar-refractivity contribution is -0.119. The number of carbonyl (C=O) groups excluding carboxylic acids is 1. The minimum atomic E-state index is 0.304.